The van der Waals surface area contributed by atoms with Gasteiger partial charge in [-0.1, -0.05) is 24.0 Å². The third-order valence-electron chi connectivity index (χ3n) is 2.74. The minimum atomic E-state index is -0.165. The van der Waals surface area contributed by atoms with E-state index in [4.69, 9.17) is 14.6 Å². The number of hydrogen-bond donors (Lipinski definition) is 1. The van der Waals surface area contributed by atoms with Gasteiger partial charge in [-0.2, -0.15) is 0 Å². The lowest BCUT2D eigenvalue weighted by Crippen LogP contribution is -2.30. The Morgan fingerprint density at radius 1 is 1.38 bits per heavy atom. The normalized spacial score (nSPS) is 9.86. The van der Waals surface area contributed by atoms with Gasteiger partial charge in [-0.3, -0.25) is 4.79 Å². The summed E-state index contributed by atoms with van der Waals surface area (Å²) in [5.74, 6) is 5.36. The minimum absolute atomic E-state index is 0.0455. The second-order valence-corrected chi connectivity index (χ2v) is 4.46. The Bertz CT molecular complexity index is 504. The number of aliphatic hydroxyl groups excluding tert-OH is 1. The second kappa shape index (κ2) is 9.94. The Labute approximate surface area is 125 Å². The van der Waals surface area contributed by atoms with Crippen molar-refractivity contribution in [2.24, 2.45) is 0 Å². The summed E-state index contributed by atoms with van der Waals surface area (Å²) in [5.41, 5.74) is 1.80. The summed E-state index contributed by atoms with van der Waals surface area (Å²) in [4.78, 5) is 13.5. The molecule has 0 radical (unpaired) electrons. The number of carbonyl (C=O) groups is 1. The van der Waals surface area contributed by atoms with Crippen molar-refractivity contribution in [3.8, 4) is 11.8 Å². The van der Waals surface area contributed by atoms with Gasteiger partial charge in [0.05, 0.1) is 13.2 Å². The Balaban J connectivity index is 2.50. The molecule has 0 saturated heterocycles. The van der Waals surface area contributed by atoms with E-state index in [-0.39, 0.29) is 19.1 Å². The van der Waals surface area contributed by atoms with Gasteiger partial charge in [0.2, 0.25) is 5.91 Å². The van der Waals surface area contributed by atoms with Crippen molar-refractivity contribution in [3.05, 3.63) is 35.4 Å². The predicted octanol–water partition coefficient (Wildman–Crippen LogP) is 0.652. The van der Waals surface area contributed by atoms with Gasteiger partial charge < -0.3 is 19.5 Å². The summed E-state index contributed by atoms with van der Waals surface area (Å²) in [6.07, 6.45) is 0. The van der Waals surface area contributed by atoms with Gasteiger partial charge >= 0.3 is 0 Å². The highest BCUT2D eigenvalue weighted by Gasteiger charge is 2.09. The van der Waals surface area contributed by atoms with Crippen LogP contribution in [0.5, 0.6) is 0 Å². The lowest BCUT2D eigenvalue weighted by Gasteiger charge is -2.17. The molecule has 114 valence electrons. The molecule has 5 heteroatoms. The van der Waals surface area contributed by atoms with E-state index in [2.05, 4.69) is 11.8 Å². The SMILES string of the molecule is COCCOCC(=O)N(C)Cc1cccc(C#CCO)c1. The Morgan fingerprint density at radius 2 is 2.19 bits per heavy atom. The van der Waals surface area contributed by atoms with Crippen molar-refractivity contribution in [2.75, 3.05) is 40.6 Å². The number of hydrogen-bond acceptors (Lipinski definition) is 4. The topological polar surface area (TPSA) is 59.0 Å². The third-order valence-corrected chi connectivity index (χ3v) is 2.74. The molecule has 0 aliphatic rings. The zero-order valence-electron chi connectivity index (χ0n) is 12.5. The first-order valence-electron chi connectivity index (χ1n) is 6.66. The molecule has 0 aromatic heterocycles. The monoisotopic (exact) mass is 291 g/mol. The summed E-state index contributed by atoms with van der Waals surface area (Å²) in [5, 5.41) is 8.69. The van der Waals surface area contributed by atoms with Gasteiger partial charge in [-0.05, 0) is 17.7 Å². The maximum absolute atomic E-state index is 11.9. The van der Waals surface area contributed by atoms with Crippen molar-refractivity contribution in [3.63, 3.8) is 0 Å². The summed E-state index contributed by atoms with van der Waals surface area (Å²) < 4.78 is 10.0. The zero-order valence-corrected chi connectivity index (χ0v) is 12.5. The van der Waals surface area contributed by atoms with Crippen LogP contribution in [0.15, 0.2) is 24.3 Å². The maximum Gasteiger partial charge on any atom is 0.248 e. The first kappa shape index (κ1) is 17.2. The van der Waals surface area contributed by atoms with Crippen LogP contribution in [0.25, 0.3) is 0 Å². The van der Waals surface area contributed by atoms with Gasteiger partial charge in [0.25, 0.3) is 0 Å². The molecule has 0 aliphatic heterocycles. The van der Waals surface area contributed by atoms with Crippen molar-refractivity contribution >= 4 is 5.91 Å². The third kappa shape index (κ3) is 6.91. The predicted molar refractivity (Wildman–Crippen MR) is 79.6 cm³/mol. The van der Waals surface area contributed by atoms with Crippen LogP contribution in [-0.2, 0) is 20.8 Å². The quantitative estimate of drug-likeness (QED) is 0.592. The van der Waals surface area contributed by atoms with Crippen LogP contribution >= 0.6 is 0 Å². The average Bonchev–Trinajstić information content (AvgIpc) is 2.49. The largest absolute Gasteiger partial charge is 0.384 e. The highest BCUT2D eigenvalue weighted by atomic mass is 16.5. The van der Waals surface area contributed by atoms with Crippen LogP contribution in [-0.4, -0.2) is 56.5 Å². The van der Waals surface area contributed by atoms with Gasteiger partial charge in [-0.25, -0.2) is 0 Å². The molecule has 0 atom stereocenters. The van der Waals surface area contributed by atoms with E-state index < -0.39 is 0 Å². The molecule has 5 nitrogen and oxygen atoms in total. The van der Waals surface area contributed by atoms with E-state index in [1.807, 2.05) is 24.3 Å². The van der Waals surface area contributed by atoms with E-state index in [1.165, 1.54) is 0 Å². The van der Waals surface area contributed by atoms with Crippen LogP contribution in [0.2, 0.25) is 0 Å². The van der Waals surface area contributed by atoms with E-state index in [9.17, 15) is 4.79 Å². The first-order valence-corrected chi connectivity index (χ1v) is 6.66. The molecule has 0 bridgehead atoms. The first-order chi connectivity index (χ1) is 10.2. The van der Waals surface area contributed by atoms with Gasteiger partial charge in [0.1, 0.15) is 13.2 Å². The molecule has 1 amide bonds. The van der Waals surface area contributed by atoms with E-state index in [1.54, 1.807) is 19.1 Å². The molecule has 1 aromatic carbocycles. The standard InChI is InChI=1S/C16H21NO4/c1-17(16(19)13-21-10-9-20-2)12-15-6-3-5-14(11-15)7-4-8-18/h3,5-6,11,18H,8-10,12-13H2,1-2H3. The molecule has 0 aliphatic carbocycles. The average molecular weight is 291 g/mol. The fourth-order valence-corrected chi connectivity index (χ4v) is 1.66. The molecule has 0 unspecified atom stereocenters. The van der Waals surface area contributed by atoms with Gasteiger partial charge in [0, 0.05) is 26.3 Å². The number of likely N-dealkylation sites (N-methyl/N-ethyl adjacent to an activating group) is 1. The number of ether oxygens (including phenoxy) is 2. The number of nitrogens with zero attached hydrogens (tertiary/aromatic N) is 1. The second-order valence-electron chi connectivity index (χ2n) is 4.46. The van der Waals surface area contributed by atoms with Crippen molar-refractivity contribution in [2.45, 2.75) is 6.54 Å². The summed E-state index contributed by atoms with van der Waals surface area (Å²) in [6, 6.07) is 7.57. The van der Waals surface area contributed by atoms with Gasteiger partial charge in [-0.15, -0.1) is 0 Å². The van der Waals surface area contributed by atoms with E-state index >= 15 is 0 Å². The molecule has 1 rings (SSSR count). The Hall–Kier alpha value is -1.87. The number of rotatable bonds is 7. The smallest absolute Gasteiger partial charge is 0.248 e. The van der Waals surface area contributed by atoms with Crippen LogP contribution in [0.1, 0.15) is 11.1 Å². The van der Waals surface area contributed by atoms with Crippen LogP contribution in [0.4, 0.5) is 0 Å². The fraction of sp³-hybridized carbons (Fsp3) is 0.438. The number of carbonyl (C=O) groups excluding carboxylic acids is 1. The Morgan fingerprint density at radius 3 is 2.90 bits per heavy atom. The van der Waals surface area contributed by atoms with Crippen molar-refractivity contribution in [1.29, 1.82) is 0 Å². The number of amides is 1. The molecular formula is C16H21NO4. The molecule has 0 fully saturated rings. The number of methoxy groups -OCH3 is 1. The summed E-state index contributed by atoms with van der Waals surface area (Å²) >= 11 is 0. The van der Waals surface area contributed by atoms with Crippen LogP contribution in [0, 0.1) is 11.8 Å². The lowest BCUT2D eigenvalue weighted by atomic mass is 10.1. The molecule has 1 aromatic rings. The Kier molecular flexibility index (Phi) is 8.14. The molecule has 21 heavy (non-hydrogen) atoms. The zero-order chi connectivity index (χ0) is 15.5. The highest BCUT2D eigenvalue weighted by molar-refractivity contribution is 5.77. The number of benzene rings is 1. The highest BCUT2D eigenvalue weighted by Crippen LogP contribution is 2.07. The van der Waals surface area contributed by atoms with Crippen molar-refractivity contribution < 1.29 is 19.4 Å². The summed E-state index contributed by atoms with van der Waals surface area (Å²) in [6.45, 7) is 1.25. The van der Waals surface area contributed by atoms with Crippen LogP contribution < -0.4 is 0 Å². The molecule has 0 heterocycles. The van der Waals surface area contributed by atoms with E-state index in [0.29, 0.717) is 19.8 Å². The van der Waals surface area contributed by atoms with Crippen LogP contribution in [0.3, 0.4) is 0 Å². The van der Waals surface area contributed by atoms with Gasteiger partial charge in [0.15, 0.2) is 0 Å². The van der Waals surface area contributed by atoms with Crippen molar-refractivity contribution in [1.82, 2.24) is 4.90 Å². The minimum Gasteiger partial charge on any atom is -0.384 e. The maximum atomic E-state index is 11.9. The van der Waals surface area contributed by atoms with E-state index in [0.717, 1.165) is 11.1 Å². The number of aliphatic hydroxyl groups is 1. The summed E-state index contributed by atoms with van der Waals surface area (Å²) in [7, 11) is 3.32. The molecule has 1 N–H and O–H groups in total. The molecular weight excluding hydrogens is 270 g/mol. The molecule has 0 spiro atoms. The fourth-order valence-electron chi connectivity index (χ4n) is 1.66. The lowest BCUT2D eigenvalue weighted by molar-refractivity contribution is -0.135. The molecule has 0 saturated carbocycles.